The number of aromatic amines is 1. The zero-order chi connectivity index (χ0) is 11.5. The molecule has 0 radical (unpaired) electrons. The van der Waals surface area contributed by atoms with E-state index in [2.05, 4.69) is 40.0 Å². The average Bonchev–Trinajstić information content (AvgIpc) is 2.87. The van der Waals surface area contributed by atoms with Crippen LogP contribution in [0.25, 0.3) is 5.53 Å². The maximum Gasteiger partial charge on any atom is 0.179 e. The van der Waals surface area contributed by atoms with Gasteiger partial charge in [0.15, 0.2) is 5.82 Å². The summed E-state index contributed by atoms with van der Waals surface area (Å²) in [5.41, 5.74) is 4.41. The fraction of sp³-hybridized carbons (Fsp3) is 0.667. The Balaban J connectivity index is 1.86. The fourth-order valence-electron chi connectivity index (χ4n) is 1.45. The van der Waals surface area contributed by atoms with Crippen molar-refractivity contribution in [2.24, 2.45) is 0 Å². The molecule has 0 bridgehead atoms. The number of nitrogens with one attached hydrogen (secondary N) is 1. The van der Waals surface area contributed by atoms with Gasteiger partial charge in [0, 0.05) is 18.5 Å². The van der Waals surface area contributed by atoms with Crippen LogP contribution < -0.4 is 0 Å². The molecule has 0 amide bonds. The largest absolute Gasteiger partial charge is 0.475 e. The smallest absolute Gasteiger partial charge is 0.179 e. The van der Waals surface area contributed by atoms with E-state index >= 15 is 0 Å². The van der Waals surface area contributed by atoms with Crippen LogP contribution in [0.4, 0.5) is 0 Å². The quantitative estimate of drug-likeness (QED) is 0.822. The monoisotopic (exact) mass is 222 g/mol. The molecule has 1 aromatic rings. The van der Waals surface area contributed by atoms with E-state index < -0.39 is 0 Å². The molecule has 7 nitrogen and oxygen atoms in total. The van der Waals surface area contributed by atoms with Crippen LogP contribution in [0.15, 0.2) is 12.4 Å². The molecule has 1 aliphatic rings. The van der Waals surface area contributed by atoms with Gasteiger partial charge in [0.05, 0.1) is 0 Å². The van der Waals surface area contributed by atoms with Gasteiger partial charge in [-0.3, -0.25) is 0 Å². The summed E-state index contributed by atoms with van der Waals surface area (Å²) < 4.78 is 0. The molecule has 0 saturated carbocycles. The topological polar surface area (TPSA) is 75.0 Å². The molecule has 1 aliphatic heterocycles. The molecule has 0 saturated heterocycles. The minimum absolute atomic E-state index is 0.194. The highest BCUT2D eigenvalue weighted by molar-refractivity contribution is 5.03. The van der Waals surface area contributed by atoms with E-state index in [1.54, 1.807) is 0 Å². The van der Waals surface area contributed by atoms with E-state index in [9.17, 15) is 0 Å². The van der Waals surface area contributed by atoms with Crippen LogP contribution in [0, 0.1) is 0 Å². The molecule has 1 unspecified atom stereocenters. The molecule has 1 aromatic heterocycles. The van der Waals surface area contributed by atoms with Crippen LogP contribution in [0.3, 0.4) is 0 Å². The lowest BCUT2D eigenvalue weighted by molar-refractivity contribution is 0.307. The van der Waals surface area contributed by atoms with Crippen molar-refractivity contribution in [1.82, 2.24) is 30.6 Å². The number of aromatic nitrogens is 4. The third-order valence-corrected chi connectivity index (χ3v) is 2.40. The number of tetrazole rings is 1. The molecule has 1 atom stereocenters. The maximum atomic E-state index is 4.41. The molecular formula is C9H16N7-. The second-order valence-corrected chi connectivity index (χ2v) is 4.15. The fourth-order valence-corrected chi connectivity index (χ4v) is 1.45. The van der Waals surface area contributed by atoms with Crippen LogP contribution in [0.5, 0.6) is 0 Å². The van der Waals surface area contributed by atoms with Gasteiger partial charge in [-0.2, -0.15) is 5.21 Å². The number of hydrogen-bond acceptors (Lipinski definition) is 5. The second kappa shape index (κ2) is 4.48. The summed E-state index contributed by atoms with van der Waals surface area (Å²) in [6.07, 6.45) is 3.92. The summed E-state index contributed by atoms with van der Waals surface area (Å²) >= 11 is 0. The van der Waals surface area contributed by atoms with E-state index in [1.807, 2.05) is 29.3 Å². The molecule has 2 heterocycles. The Morgan fingerprint density at radius 3 is 2.75 bits per heavy atom. The van der Waals surface area contributed by atoms with Crippen molar-refractivity contribution in [3.63, 3.8) is 0 Å². The molecule has 88 valence electrons. The Labute approximate surface area is 94.4 Å². The van der Waals surface area contributed by atoms with Crippen LogP contribution in [0.1, 0.15) is 32.5 Å². The molecule has 2 rings (SSSR count). The van der Waals surface area contributed by atoms with Gasteiger partial charge in [0.25, 0.3) is 0 Å². The first-order valence-electron chi connectivity index (χ1n) is 5.35. The highest BCUT2D eigenvalue weighted by Gasteiger charge is 2.12. The zero-order valence-corrected chi connectivity index (χ0v) is 9.70. The Morgan fingerprint density at radius 2 is 2.19 bits per heavy atom. The Bertz CT molecular complexity index is 345. The lowest BCUT2D eigenvalue weighted by atomic mass is 10.2. The SMILES string of the molecule is CC(CN1C=CN(C(C)C)[N-]1)c1nn[nH]n1. The van der Waals surface area contributed by atoms with Gasteiger partial charge in [-0.1, -0.05) is 12.1 Å². The van der Waals surface area contributed by atoms with Gasteiger partial charge >= 0.3 is 0 Å². The van der Waals surface area contributed by atoms with Crippen molar-refractivity contribution in [1.29, 1.82) is 0 Å². The molecule has 1 N–H and O–H groups in total. The lowest BCUT2D eigenvalue weighted by Crippen LogP contribution is -2.24. The van der Waals surface area contributed by atoms with E-state index in [1.165, 1.54) is 0 Å². The van der Waals surface area contributed by atoms with Crippen molar-refractivity contribution in [3.05, 3.63) is 23.8 Å². The van der Waals surface area contributed by atoms with Crippen molar-refractivity contribution in [2.45, 2.75) is 32.7 Å². The minimum atomic E-state index is 0.194. The van der Waals surface area contributed by atoms with Gasteiger partial charge in [-0.25, -0.2) is 0 Å². The van der Waals surface area contributed by atoms with Crippen molar-refractivity contribution >= 4 is 0 Å². The van der Waals surface area contributed by atoms with Crippen LogP contribution in [-0.2, 0) is 0 Å². The second-order valence-electron chi connectivity index (χ2n) is 4.15. The first-order valence-corrected chi connectivity index (χ1v) is 5.35. The van der Waals surface area contributed by atoms with E-state index in [-0.39, 0.29) is 5.92 Å². The molecule has 0 aromatic carbocycles. The summed E-state index contributed by atoms with van der Waals surface area (Å²) in [6, 6.07) is 0.377. The normalized spacial score (nSPS) is 17.5. The third-order valence-electron chi connectivity index (χ3n) is 2.40. The Morgan fingerprint density at radius 1 is 1.38 bits per heavy atom. The zero-order valence-electron chi connectivity index (χ0n) is 9.70. The predicted molar refractivity (Wildman–Crippen MR) is 58.8 cm³/mol. The molecule has 0 spiro atoms. The minimum Gasteiger partial charge on any atom is -0.475 e. The van der Waals surface area contributed by atoms with E-state index in [4.69, 9.17) is 0 Å². The molecule has 16 heavy (non-hydrogen) atoms. The number of H-pyrrole nitrogens is 1. The van der Waals surface area contributed by atoms with Crippen LogP contribution >= 0.6 is 0 Å². The average molecular weight is 222 g/mol. The van der Waals surface area contributed by atoms with Crippen LogP contribution in [-0.4, -0.2) is 43.2 Å². The highest BCUT2D eigenvalue weighted by Crippen LogP contribution is 2.21. The Kier molecular flexibility index (Phi) is 3.04. The summed E-state index contributed by atoms with van der Waals surface area (Å²) in [7, 11) is 0. The maximum absolute atomic E-state index is 4.41. The van der Waals surface area contributed by atoms with Gasteiger partial charge in [-0.05, 0) is 26.2 Å². The van der Waals surface area contributed by atoms with Gasteiger partial charge in [-0.15, -0.1) is 10.2 Å². The first kappa shape index (κ1) is 10.9. The lowest BCUT2D eigenvalue weighted by Gasteiger charge is -2.41. The molecule has 0 fully saturated rings. The number of rotatable bonds is 4. The van der Waals surface area contributed by atoms with Crippen molar-refractivity contribution in [2.75, 3.05) is 6.54 Å². The summed E-state index contributed by atoms with van der Waals surface area (Å²) in [4.78, 5) is 0. The molecular weight excluding hydrogens is 206 g/mol. The summed E-state index contributed by atoms with van der Waals surface area (Å²) in [5.74, 6) is 0.908. The van der Waals surface area contributed by atoms with E-state index in [0.29, 0.717) is 11.9 Å². The van der Waals surface area contributed by atoms with Gasteiger partial charge in [0.2, 0.25) is 0 Å². The summed E-state index contributed by atoms with van der Waals surface area (Å²) in [6.45, 7) is 6.99. The number of nitrogens with zero attached hydrogens (tertiary/aromatic N) is 6. The third kappa shape index (κ3) is 2.30. The predicted octanol–water partition coefficient (Wildman–Crippen LogP) is 1.00. The molecule has 7 heteroatoms. The first-order chi connectivity index (χ1) is 7.66. The standard InChI is InChI=1S/C9H16N7/c1-7(2)16-5-4-15(14-16)6-8(3)9-10-12-13-11-9/h4-5,7-8H,6H2,1-3H3,(H,10,11,12,13)/q-1. The number of hydrogen-bond donors (Lipinski definition) is 1. The van der Waals surface area contributed by atoms with Gasteiger partial charge in [0.1, 0.15) is 0 Å². The van der Waals surface area contributed by atoms with Crippen LogP contribution in [0.2, 0.25) is 0 Å². The molecule has 0 aliphatic carbocycles. The Hall–Kier alpha value is -1.63. The van der Waals surface area contributed by atoms with E-state index in [0.717, 1.165) is 6.54 Å². The van der Waals surface area contributed by atoms with Crippen molar-refractivity contribution < 1.29 is 0 Å². The highest BCUT2D eigenvalue weighted by atomic mass is 15.8. The van der Waals surface area contributed by atoms with Gasteiger partial charge < -0.3 is 15.6 Å². The van der Waals surface area contributed by atoms with Crippen molar-refractivity contribution in [3.8, 4) is 0 Å². The summed E-state index contributed by atoms with van der Waals surface area (Å²) in [5, 5.41) is 17.7.